The topological polar surface area (TPSA) is 105 Å². The number of fused-ring (bicyclic) bond motifs is 1. The zero-order chi connectivity index (χ0) is 19.6. The molecular formula is C18H17N3O6. The number of imidazole rings is 1. The number of rotatable bonds is 6. The maximum atomic E-state index is 12.4. The van der Waals surface area contributed by atoms with Gasteiger partial charge >= 0.3 is 5.97 Å². The number of nitro benzene ring substituents is 1. The molecule has 3 aromatic rings. The number of ether oxygens (including phenoxy) is 3. The molecule has 9 heteroatoms. The summed E-state index contributed by atoms with van der Waals surface area (Å²) in [5, 5.41) is 11.3. The van der Waals surface area contributed by atoms with E-state index in [2.05, 4.69) is 4.98 Å². The highest BCUT2D eigenvalue weighted by Gasteiger charge is 2.26. The molecule has 0 aliphatic carbocycles. The van der Waals surface area contributed by atoms with Gasteiger partial charge in [-0.25, -0.2) is 9.78 Å². The molecule has 9 nitrogen and oxygen atoms in total. The lowest BCUT2D eigenvalue weighted by molar-refractivity contribution is -0.385. The number of nitro groups is 1. The Hall–Kier alpha value is -3.62. The molecule has 1 aromatic carbocycles. The lowest BCUT2D eigenvalue weighted by Gasteiger charge is -2.10. The van der Waals surface area contributed by atoms with E-state index in [0.717, 1.165) is 17.3 Å². The minimum Gasteiger partial charge on any atom is -0.493 e. The Morgan fingerprint density at radius 3 is 2.59 bits per heavy atom. The lowest BCUT2D eigenvalue weighted by Crippen LogP contribution is -2.09. The molecule has 0 aliphatic heterocycles. The van der Waals surface area contributed by atoms with E-state index in [1.807, 2.05) is 29.7 Å². The third-order valence-electron chi connectivity index (χ3n) is 4.00. The molecule has 0 atom stereocenters. The van der Waals surface area contributed by atoms with Crippen LogP contribution in [0.1, 0.15) is 21.6 Å². The molecule has 27 heavy (non-hydrogen) atoms. The van der Waals surface area contributed by atoms with Crippen LogP contribution in [0.25, 0.3) is 5.65 Å². The van der Waals surface area contributed by atoms with Crippen molar-refractivity contribution in [1.82, 2.24) is 9.38 Å². The van der Waals surface area contributed by atoms with Gasteiger partial charge in [-0.3, -0.25) is 10.1 Å². The predicted octanol–water partition coefficient (Wildman–Crippen LogP) is 2.93. The number of esters is 1. The smallest absolute Gasteiger partial charge is 0.345 e. The van der Waals surface area contributed by atoms with E-state index >= 15 is 0 Å². The van der Waals surface area contributed by atoms with E-state index in [1.54, 1.807) is 6.20 Å². The van der Waals surface area contributed by atoms with Gasteiger partial charge in [0.1, 0.15) is 17.8 Å². The quantitative estimate of drug-likeness (QED) is 0.373. The predicted molar refractivity (Wildman–Crippen MR) is 95.2 cm³/mol. The van der Waals surface area contributed by atoms with Crippen LogP contribution in [0.5, 0.6) is 11.5 Å². The monoisotopic (exact) mass is 371 g/mol. The summed E-state index contributed by atoms with van der Waals surface area (Å²) in [7, 11) is 2.72. The minimum atomic E-state index is -0.851. The molecule has 0 radical (unpaired) electrons. The number of carbonyl (C=O) groups excluding carboxylic acids is 1. The van der Waals surface area contributed by atoms with Gasteiger partial charge in [0.05, 0.1) is 30.9 Å². The summed E-state index contributed by atoms with van der Waals surface area (Å²) >= 11 is 0. The van der Waals surface area contributed by atoms with Crippen LogP contribution >= 0.6 is 0 Å². The number of carbonyl (C=O) groups is 1. The van der Waals surface area contributed by atoms with Crippen LogP contribution in [0.4, 0.5) is 5.69 Å². The molecule has 140 valence electrons. The van der Waals surface area contributed by atoms with Crippen molar-refractivity contribution in [3.8, 4) is 11.5 Å². The highest BCUT2D eigenvalue weighted by molar-refractivity contribution is 5.95. The average Bonchev–Trinajstić information content (AvgIpc) is 3.09. The summed E-state index contributed by atoms with van der Waals surface area (Å²) in [5.41, 5.74) is 1.60. The number of methoxy groups -OCH3 is 2. The van der Waals surface area contributed by atoms with Crippen molar-refractivity contribution in [2.45, 2.75) is 13.5 Å². The van der Waals surface area contributed by atoms with E-state index in [9.17, 15) is 14.9 Å². The molecule has 0 amide bonds. The van der Waals surface area contributed by atoms with E-state index in [4.69, 9.17) is 14.2 Å². The summed E-state index contributed by atoms with van der Waals surface area (Å²) in [4.78, 5) is 27.5. The fourth-order valence-electron chi connectivity index (χ4n) is 2.67. The summed E-state index contributed by atoms with van der Waals surface area (Å²) < 4.78 is 17.2. The fourth-order valence-corrected chi connectivity index (χ4v) is 2.67. The van der Waals surface area contributed by atoms with Gasteiger partial charge in [0.2, 0.25) is 0 Å². The lowest BCUT2D eigenvalue weighted by atomic mass is 10.1. The highest BCUT2D eigenvalue weighted by Crippen LogP contribution is 2.34. The molecule has 2 heterocycles. The molecule has 0 aliphatic rings. The highest BCUT2D eigenvalue weighted by atomic mass is 16.6. The maximum Gasteiger partial charge on any atom is 0.345 e. The Morgan fingerprint density at radius 1 is 1.26 bits per heavy atom. The second-order valence-corrected chi connectivity index (χ2v) is 5.71. The first kappa shape index (κ1) is 18.2. The van der Waals surface area contributed by atoms with Gasteiger partial charge in [0.15, 0.2) is 11.5 Å². The summed E-state index contributed by atoms with van der Waals surface area (Å²) in [6.45, 7) is 1.80. The van der Waals surface area contributed by atoms with Gasteiger partial charge in [-0.15, -0.1) is 0 Å². The van der Waals surface area contributed by atoms with Crippen molar-refractivity contribution in [3.05, 3.63) is 63.6 Å². The Morgan fingerprint density at radius 2 is 1.96 bits per heavy atom. The number of hydrogen-bond acceptors (Lipinski definition) is 7. The standard InChI is InChI=1S/C18H17N3O6/c1-11-5-4-6-20-9-12(19-17(11)20)10-27-18(22)13-7-15(25-2)16(26-3)8-14(13)21(23)24/h4-9H,10H2,1-3H3. The Labute approximate surface area is 154 Å². The number of nitrogens with zero attached hydrogens (tertiary/aromatic N) is 3. The number of pyridine rings is 1. The van der Waals surface area contributed by atoms with Crippen LogP contribution in [0.3, 0.4) is 0 Å². The average molecular weight is 371 g/mol. The van der Waals surface area contributed by atoms with Crippen molar-refractivity contribution < 1.29 is 23.9 Å². The molecule has 0 spiro atoms. The Bertz CT molecular complexity index is 1030. The zero-order valence-corrected chi connectivity index (χ0v) is 15.0. The molecule has 0 unspecified atom stereocenters. The third kappa shape index (κ3) is 3.52. The van der Waals surface area contributed by atoms with Crippen LogP contribution < -0.4 is 9.47 Å². The fraction of sp³-hybridized carbons (Fsp3) is 0.222. The second kappa shape index (κ2) is 7.32. The van der Waals surface area contributed by atoms with E-state index in [0.29, 0.717) is 5.69 Å². The molecule has 0 N–H and O–H groups in total. The first-order chi connectivity index (χ1) is 12.9. The first-order valence-corrected chi connectivity index (χ1v) is 7.95. The van der Waals surface area contributed by atoms with Gasteiger partial charge in [-0.1, -0.05) is 6.07 Å². The number of aromatic nitrogens is 2. The van der Waals surface area contributed by atoms with Crippen molar-refractivity contribution in [3.63, 3.8) is 0 Å². The van der Waals surface area contributed by atoms with Crippen molar-refractivity contribution in [2.75, 3.05) is 14.2 Å². The number of hydrogen-bond donors (Lipinski definition) is 0. The van der Waals surface area contributed by atoms with Gasteiger partial charge < -0.3 is 18.6 Å². The molecule has 0 saturated carbocycles. The SMILES string of the molecule is COc1cc(C(=O)OCc2cn3cccc(C)c3n2)c([N+](=O)[O-])cc1OC. The van der Waals surface area contributed by atoms with Crippen molar-refractivity contribution in [1.29, 1.82) is 0 Å². The normalized spacial score (nSPS) is 10.6. The molecule has 0 fully saturated rings. The van der Waals surface area contributed by atoms with Gasteiger partial charge in [0, 0.05) is 18.5 Å². The van der Waals surface area contributed by atoms with Gasteiger partial charge in [-0.2, -0.15) is 0 Å². The summed E-state index contributed by atoms with van der Waals surface area (Å²) in [6, 6.07) is 6.16. The number of aryl methyl sites for hydroxylation is 1. The largest absolute Gasteiger partial charge is 0.493 e. The molecule has 3 rings (SSSR count). The van der Waals surface area contributed by atoms with Crippen molar-refractivity contribution >= 4 is 17.3 Å². The Kier molecular flexibility index (Phi) is 4.93. The van der Waals surface area contributed by atoms with Crippen LogP contribution in [0.15, 0.2) is 36.7 Å². The first-order valence-electron chi connectivity index (χ1n) is 7.95. The molecule has 2 aromatic heterocycles. The van der Waals surface area contributed by atoms with Crippen LogP contribution in [0, 0.1) is 17.0 Å². The molecule has 0 saturated heterocycles. The van der Waals surface area contributed by atoms with Gasteiger partial charge in [-0.05, 0) is 18.6 Å². The molecule has 0 bridgehead atoms. The molecular weight excluding hydrogens is 354 g/mol. The van der Waals surface area contributed by atoms with Crippen LogP contribution in [-0.4, -0.2) is 34.5 Å². The summed E-state index contributed by atoms with van der Waals surface area (Å²) in [6.07, 6.45) is 3.57. The van der Waals surface area contributed by atoms with E-state index < -0.39 is 16.6 Å². The van der Waals surface area contributed by atoms with Crippen LogP contribution in [-0.2, 0) is 11.3 Å². The minimum absolute atomic E-state index is 0.120. The van der Waals surface area contributed by atoms with E-state index in [1.165, 1.54) is 20.3 Å². The van der Waals surface area contributed by atoms with E-state index in [-0.39, 0.29) is 23.7 Å². The zero-order valence-electron chi connectivity index (χ0n) is 15.0. The third-order valence-corrected chi connectivity index (χ3v) is 4.00. The van der Waals surface area contributed by atoms with Crippen molar-refractivity contribution in [2.24, 2.45) is 0 Å². The maximum absolute atomic E-state index is 12.4. The Balaban J connectivity index is 1.86. The summed E-state index contributed by atoms with van der Waals surface area (Å²) in [5.74, 6) is -0.508. The van der Waals surface area contributed by atoms with Gasteiger partial charge in [0.25, 0.3) is 5.69 Å². The number of benzene rings is 1. The van der Waals surface area contributed by atoms with Crippen LogP contribution in [0.2, 0.25) is 0 Å². The second-order valence-electron chi connectivity index (χ2n) is 5.71.